The first-order valence-electron chi connectivity index (χ1n) is 6.24. The highest BCUT2D eigenvalue weighted by molar-refractivity contribution is 5.53. The molecular weight excluding hydrogens is 226 g/mol. The molecule has 1 unspecified atom stereocenters. The topological polar surface area (TPSA) is 59.3 Å². The summed E-state index contributed by atoms with van der Waals surface area (Å²) in [6, 6.07) is 7.90. The molecule has 2 N–H and O–H groups in total. The van der Waals surface area contributed by atoms with Crippen LogP contribution in [0.3, 0.4) is 0 Å². The average Bonchev–Trinajstić information content (AvgIpc) is 2.35. The molecule has 0 aliphatic carbocycles. The van der Waals surface area contributed by atoms with Gasteiger partial charge in [0, 0.05) is 37.0 Å². The summed E-state index contributed by atoms with van der Waals surface area (Å²) < 4.78 is 0. The van der Waals surface area contributed by atoms with Gasteiger partial charge < -0.3 is 15.3 Å². The Balaban J connectivity index is 2.82. The zero-order valence-electron chi connectivity index (χ0n) is 11.3. The third-order valence-electron chi connectivity index (χ3n) is 2.99. The molecule has 98 valence electrons. The number of hydrogen-bond acceptors (Lipinski definition) is 4. The van der Waals surface area contributed by atoms with Crippen LogP contribution in [0, 0.1) is 11.3 Å². The van der Waals surface area contributed by atoms with Crippen molar-refractivity contribution in [1.82, 2.24) is 5.32 Å². The molecule has 0 aliphatic heterocycles. The zero-order valence-corrected chi connectivity index (χ0v) is 11.3. The van der Waals surface area contributed by atoms with Gasteiger partial charge in [-0.2, -0.15) is 5.26 Å². The van der Waals surface area contributed by atoms with Crippen LogP contribution in [-0.4, -0.2) is 25.2 Å². The van der Waals surface area contributed by atoms with E-state index in [0.29, 0.717) is 18.7 Å². The first-order valence-corrected chi connectivity index (χ1v) is 6.24. The Morgan fingerprint density at radius 1 is 1.50 bits per heavy atom. The van der Waals surface area contributed by atoms with Crippen LogP contribution in [0.2, 0.25) is 0 Å². The fourth-order valence-electron chi connectivity index (χ4n) is 1.90. The van der Waals surface area contributed by atoms with Crippen molar-refractivity contribution in [2.45, 2.75) is 26.3 Å². The molecule has 0 amide bonds. The van der Waals surface area contributed by atoms with Crippen molar-refractivity contribution in [3.63, 3.8) is 0 Å². The minimum absolute atomic E-state index is 0.133. The first-order chi connectivity index (χ1) is 8.60. The summed E-state index contributed by atoms with van der Waals surface area (Å²) in [5.41, 5.74) is 1.82. The van der Waals surface area contributed by atoms with Crippen LogP contribution >= 0.6 is 0 Å². The smallest absolute Gasteiger partial charge is 0.122 e. The molecule has 0 spiro atoms. The molecule has 0 fully saturated rings. The van der Waals surface area contributed by atoms with E-state index in [2.05, 4.69) is 11.4 Å². The van der Waals surface area contributed by atoms with Crippen molar-refractivity contribution in [1.29, 1.82) is 5.26 Å². The zero-order chi connectivity index (χ0) is 13.5. The number of benzene rings is 1. The van der Waals surface area contributed by atoms with E-state index in [9.17, 15) is 5.11 Å². The summed E-state index contributed by atoms with van der Waals surface area (Å²) in [4.78, 5) is 1.96. The molecule has 1 atom stereocenters. The monoisotopic (exact) mass is 247 g/mol. The van der Waals surface area contributed by atoms with Crippen LogP contribution in [0.4, 0.5) is 5.69 Å². The normalized spacial score (nSPS) is 11.9. The molecule has 18 heavy (non-hydrogen) atoms. The molecule has 1 rings (SSSR count). The van der Waals surface area contributed by atoms with Gasteiger partial charge in [0.05, 0.1) is 12.5 Å². The minimum atomic E-state index is 0.133. The van der Waals surface area contributed by atoms with Crippen LogP contribution in [0.1, 0.15) is 31.9 Å². The molecule has 0 saturated heterocycles. The van der Waals surface area contributed by atoms with Gasteiger partial charge in [-0.1, -0.05) is 13.0 Å². The van der Waals surface area contributed by atoms with Crippen molar-refractivity contribution in [2.24, 2.45) is 0 Å². The number of rotatable bonds is 6. The Morgan fingerprint density at radius 2 is 2.22 bits per heavy atom. The quantitative estimate of drug-likeness (QED) is 0.810. The van der Waals surface area contributed by atoms with E-state index in [1.807, 2.05) is 37.9 Å². The van der Waals surface area contributed by atoms with Crippen molar-refractivity contribution >= 4 is 5.69 Å². The number of nitrogens with one attached hydrogen (secondary N) is 1. The Kier molecular flexibility index (Phi) is 5.47. The lowest BCUT2D eigenvalue weighted by Crippen LogP contribution is -2.19. The van der Waals surface area contributed by atoms with E-state index < -0.39 is 0 Å². The van der Waals surface area contributed by atoms with Gasteiger partial charge in [-0.25, -0.2) is 0 Å². The maximum absolute atomic E-state index is 10.0. The number of anilines is 1. The lowest BCUT2D eigenvalue weighted by molar-refractivity contribution is 0.454. The van der Waals surface area contributed by atoms with Gasteiger partial charge in [-0.05, 0) is 19.5 Å². The van der Waals surface area contributed by atoms with Crippen molar-refractivity contribution in [2.75, 3.05) is 25.0 Å². The number of phenolic OH excluding ortho intramolecular Hbond substituents is 1. The van der Waals surface area contributed by atoms with Gasteiger partial charge >= 0.3 is 0 Å². The highest BCUT2D eigenvalue weighted by atomic mass is 16.3. The summed E-state index contributed by atoms with van der Waals surface area (Å²) in [6.45, 7) is 5.59. The molecule has 0 saturated carbocycles. The number of phenols is 1. The molecule has 0 heterocycles. The molecule has 0 radical (unpaired) electrons. The molecular formula is C14H21N3O. The maximum Gasteiger partial charge on any atom is 0.122 e. The number of hydrogen-bond donors (Lipinski definition) is 2. The second kappa shape index (κ2) is 6.87. The van der Waals surface area contributed by atoms with Crippen LogP contribution in [0.5, 0.6) is 5.75 Å². The van der Waals surface area contributed by atoms with E-state index in [4.69, 9.17) is 5.26 Å². The van der Waals surface area contributed by atoms with E-state index in [0.717, 1.165) is 17.8 Å². The van der Waals surface area contributed by atoms with Gasteiger partial charge in [-0.15, -0.1) is 0 Å². The third-order valence-corrected chi connectivity index (χ3v) is 2.99. The standard InChI is InChI=1S/C14H21N3O/c1-4-16-11(2)13-7-6-12(10-14(13)18)17(3)9-5-8-15/h6-7,10-11,16,18H,4-5,9H2,1-3H3. The Hall–Kier alpha value is -1.73. The van der Waals surface area contributed by atoms with Crippen LogP contribution < -0.4 is 10.2 Å². The number of aromatic hydroxyl groups is 1. The van der Waals surface area contributed by atoms with Crippen molar-refractivity contribution < 1.29 is 5.11 Å². The second-order valence-electron chi connectivity index (χ2n) is 4.35. The van der Waals surface area contributed by atoms with Gasteiger partial charge in [0.1, 0.15) is 5.75 Å². The Labute approximate surface area is 109 Å². The van der Waals surface area contributed by atoms with E-state index >= 15 is 0 Å². The SMILES string of the molecule is CCNC(C)c1ccc(N(C)CCC#N)cc1O. The van der Waals surface area contributed by atoms with Gasteiger partial charge in [0.2, 0.25) is 0 Å². The molecule has 1 aromatic carbocycles. The molecule has 0 aliphatic rings. The average molecular weight is 247 g/mol. The molecule has 4 heteroatoms. The van der Waals surface area contributed by atoms with E-state index in [1.54, 1.807) is 6.07 Å². The first kappa shape index (κ1) is 14.3. The molecule has 0 aromatic heterocycles. The predicted molar refractivity (Wildman–Crippen MR) is 73.7 cm³/mol. The molecule has 0 bridgehead atoms. The lowest BCUT2D eigenvalue weighted by atomic mass is 10.1. The summed E-state index contributed by atoms with van der Waals surface area (Å²) >= 11 is 0. The van der Waals surface area contributed by atoms with Crippen LogP contribution in [0.25, 0.3) is 0 Å². The van der Waals surface area contributed by atoms with E-state index in [-0.39, 0.29) is 6.04 Å². The van der Waals surface area contributed by atoms with Crippen molar-refractivity contribution in [3.8, 4) is 11.8 Å². The summed E-state index contributed by atoms with van der Waals surface area (Å²) in [5, 5.41) is 21.9. The molecule has 4 nitrogen and oxygen atoms in total. The van der Waals surface area contributed by atoms with Crippen molar-refractivity contribution in [3.05, 3.63) is 23.8 Å². The fraction of sp³-hybridized carbons (Fsp3) is 0.500. The summed E-state index contributed by atoms with van der Waals surface area (Å²) in [7, 11) is 1.92. The third kappa shape index (κ3) is 3.64. The van der Waals surface area contributed by atoms with Gasteiger partial charge in [0.25, 0.3) is 0 Å². The Bertz CT molecular complexity index is 426. The summed E-state index contributed by atoms with van der Waals surface area (Å²) in [6.07, 6.45) is 0.479. The van der Waals surface area contributed by atoms with Gasteiger partial charge in [-0.3, -0.25) is 0 Å². The van der Waals surface area contributed by atoms with E-state index in [1.165, 1.54) is 0 Å². The predicted octanol–water partition coefficient (Wildman–Crippen LogP) is 2.41. The highest BCUT2D eigenvalue weighted by Gasteiger charge is 2.11. The number of nitriles is 1. The Morgan fingerprint density at radius 3 is 2.78 bits per heavy atom. The van der Waals surface area contributed by atoms with Crippen LogP contribution in [0.15, 0.2) is 18.2 Å². The minimum Gasteiger partial charge on any atom is -0.508 e. The van der Waals surface area contributed by atoms with Crippen LogP contribution in [-0.2, 0) is 0 Å². The second-order valence-corrected chi connectivity index (χ2v) is 4.35. The lowest BCUT2D eigenvalue weighted by Gasteiger charge is -2.20. The van der Waals surface area contributed by atoms with Gasteiger partial charge in [0.15, 0.2) is 0 Å². The molecule has 1 aromatic rings. The number of nitrogens with zero attached hydrogens (tertiary/aromatic N) is 2. The maximum atomic E-state index is 10.0. The largest absolute Gasteiger partial charge is 0.508 e. The fourth-order valence-corrected chi connectivity index (χ4v) is 1.90. The highest BCUT2D eigenvalue weighted by Crippen LogP contribution is 2.28. The summed E-state index contributed by atoms with van der Waals surface area (Å²) in [5.74, 6) is 0.296.